The Labute approximate surface area is 164 Å². The van der Waals surface area contributed by atoms with Crippen LogP contribution in [0.5, 0.6) is 0 Å². The number of benzene rings is 2. The summed E-state index contributed by atoms with van der Waals surface area (Å²) in [6, 6.07) is 12.6. The molecule has 0 saturated carbocycles. The molecule has 0 saturated heterocycles. The first-order chi connectivity index (χ1) is 12.9. The second kappa shape index (κ2) is 7.92. The summed E-state index contributed by atoms with van der Waals surface area (Å²) in [7, 11) is 0. The fraction of sp³-hybridized carbons (Fsp3) is 0.273. The van der Waals surface area contributed by atoms with Crippen molar-refractivity contribution in [2.75, 3.05) is 10.6 Å². The number of carbonyl (C=O) groups excluding carboxylic acids is 1. The van der Waals surface area contributed by atoms with Gasteiger partial charge in [-0.1, -0.05) is 36.4 Å². The van der Waals surface area contributed by atoms with Crippen LogP contribution < -0.4 is 10.6 Å². The Morgan fingerprint density at radius 2 is 1.81 bits per heavy atom. The van der Waals surface area contributed by atoms with Crippen molar-refractivity contribution in [2.45, 2.75) is 40.7 Å². The van der Waals surface area contributed by atoms with Crippen LogP contribution in [-0.2, 0) is 4.79 Å². The summed E-state index contributed by atoms with van der Waals surface area (Å²) < 4.78 is 0. The average Bonchev–Trinajstić information content (AvgIpc) is 3.07. The first-order valence-corrected chi connectivity index (χ1v) is 9.90. The summed E-state index contributed by atoms with van der Waals surface area (Å²) in [6.07, 6.45) is 0. The Morgan fingerprint density at radius 3 is 2.48 bits per heavy atom. The summed E-state index contributed by atoms with van der Waals surface area (Å²) in [5.74, 6) is -0.0617. The molecule has 0 aliphatic heterocycles. The van der Waals surface area contributed by atoms with E-state index in [1.54, 1.807) is 11.3 Å². The molecule has 0 aliphatic carbocycles. The molecule has 0 aliphatic rings. The number of nitrogens with one attached hydrogen (secondary N) is 2. The van der Waals surface area contributed by atoms with Gasteiger partial charge in [-0.2, -0.15) is 0 Å². The zero-order chi connectivity index (χ0) is 19.6. The van der Waals surface area contributed by atoms with Crippen molar-refractivity contribution >= 4 is 28.1 Å². The first-order valence-electron chi connectivity index (χ1n) is 9.02. The maximum atomic E-state index is 11.6. The molecule has 0 bridgehead atoms. The van der Waals surface area contributed by atoms with Crippen LogP contribution in [0.3, 0.4) is 0 Å². The maximum Gasteiger partial charge on any atom is 0.221 e. The smallest absolute Gasteiger partial charge is 0.221 e. The van der Waals surface area contributed by atoms with Crippen LogP contribution in [0.2, 0.25) is 0 Å². The zero-order valence-corrected chi connectivity index (χ0v) is 17.2. The highest BCUT2D eigenvalue weighted by molar-refractivity contribution is 7.14. The Balaban J connectivity index is 1.91. The largest absolute Gasteiger partial charge is 0.355 e. The van der Waals surface area contributed by atoms with Gasteiger partial charge in [-0.25, -0.2) is 4.98 Å². The van der Waals surface area contributed by atoms with E-state index in [2.05, 4.69) is 48.1 Å². The van der Waals surface area contributed by atoms with Gasteiger partial charge in [0.1, 0.15) is 0 Å². The van der Waals surface area contributed by atoms with E-state index >= 15 is 0 Å². The van der Waals surface area contributed by atoms with Crippen LogP contribution in [0, 0.1) is 20.8 Å². The van der Waals surface area contributed by atoms with Crippen LogP contribution in [0.25, 0.3) is 11.3 Å². The molecule has 3 aromatic rings. The molecule has 5 heteroatoms. The topological polar surface area (TPSA) is 54.0 Å². The number of carbonyl (C=O) groups is 1. The Morgan fingerprint density at radius 1 is 1.11 bits per heavy atom. The summed E-state index contributed by atoms with van der Waals surface area (Å²) in [4.78, 5) is 16.4. The van der Waals surface area contributed by atoms with E-state index in [1.807, 2.05) is 32.0 Å². The lowest BCUT2D eigenvalue weighted by Gasteiger charge is -2.16. The fourth-order valence-electron chi connectivity index (χ4n) is 3.41. The van der Waals surface area contributed by atoms with E-state index in [4.69, 9.17) is 4.98 Å². The number of hydrogen-bond acceptors (Lipinski definition) is 4. The fourth-order valence-corrected chi connectivity index (χ4v) is 4.20. The molecule has 27 heavy (non-hydrogen) atoms. The Kier molecular flexibility index (Phi) is 5.61. The number of hydrogen-bond donors (Lipinski definition) is 2. The van der Waals surface area contributed by atoms with Crippen molar-refractivity contribution in [1.29, 1.82) is 0 Å². The number of aryl methyl sites for hydroxylation is 2. The summed E-state index contributed by atoms with van der Waals surface area (Å²) >= 11 is 1.60. The minimum atomic E-state index is -0.0617. The van der Waals surface area contributed by atoms with E-state index in [-0.39, 0.29) is 11.9 Å². The molecule has 140 valence electrons. The van der Waals surface area contributed by atoms with Crippen LogP contribution in [0.15, 0.2) is 41.8 Å². The van der Waals surface area contributed by atoms with E-state index in [0.717, 1.165) is 38.8 Å². The highest BCUT2D eigenvalue weighted by atomic mass is 32.1. The van der Waals surface area contributed by atoms with Crippen molar-refractivity contribution in [3.05, 3.63) is 64.0 Å². The van der Waals surface area contributed by atoms with Crippen LogP contribution in [0.1, 0.15) is 42.1 Å². The van der Waals surface area contributed by atoms with Gasteiger partial charge in [-0.3, -0.25) is 4.79 Å². The van der Waals surface area contributed by atoms with Crippen molar-refractivity contribution in [2.24, 2.45) is 0 Å². The van der Waals surface area contributed by atoms with Gasteiger partial charge < -0.3 is 10.6 Å². The van der Waals surface area contributed by atoms with Gasteiger partial charge in [-0.15, -0.1) is 11.3 Å². The zero-order valence-electron chi connectivity index (χ0n) is 16.4. The van der Waals surface area contributed by atoms with E-state index < -0.39 is 0 Å². The molecule has 1 atom stereocenters. The third kappa shape index (κ3) is 4.19. The monoisotopic (exact) mass is 379 g/mol. The number of amides is 1. The highest BCUT2D eigenvalue weighted by Crippen LogP contribution is 2.36. The van der Waals surface area contributed by atoms with Crippen molar-refractivity contribution in [3.8, 4) is 11.3 Å². The molecule has 2 aromatic carbocycles. The second-order valence-corrected chi connectivity index (χ2v) is 7.74. The van der Waals surface area contributed by atoms with Crippen LogP contribution >= 0.6 is 11.3 Å². The number of nitrogens with zero attached hydrogens (tertiary/aromatic N) is 1. The van der Waals surface area contributed by atoms with Gasteiger partial charge in [-0.05, 0) is 49.9 Å². The lowest BCUT2D eigenvalue weighted by molar-refractivity contribution is -0.114. The van der Waals surface area contributed by atoms with E-state index in [0.29, 0.717) is 0 Å². The quantitative estimate of drug-likeness (QED) is 0.583. The third-order valence-corrected chi connectivity index (χ3v) is 5.45. The predicted molar refractivity (Wildman–Crippen MR) is 115 cm³/mol. The van der Waals surface area contributed by atoms with E-state index in [1.165, 1.54) is 12.5 Å². The normalized spacial score (nSPS) is 11.9. The maximum absolute atomic E-state index is 11.6. The Hall–Kier alpha value is -2.66. The molecule has 0 radical (unpaired) electrons. The van der Waals surface area contributed by atoms with Gasteiger partial charge in [0.15, 0.2) is 5.13 Å². The third-order valence-electron chi connectivity index (χ3n) is 4.67. The molecule has 0 fully saturated rings. The minimum Gasteiger partial charge on any atom is -0.355 e. The van der Waals surface area contributed by atoms with Gasteiger partial charge in [0.25, 0.3) is 0 Å². The molecule has 0 unspecified atom stereocenters. The summed E-state index contributed by atoms with van der Waals surface area (Å²) in [6.45, 7) is 9.82. The van der Waals surface area contributed by atoms with Crippen molar-refractivity contribution in [1.82, 2.24) is 4.98 Å². The van der Waals surface area contributed by atoms with Gasteiger partial charge >= 0.3 is 0 Å². The van der Waals surface area contributed by atoms with Gasteiger partial charge in [0, 0.05) is 23.6 Å². The first kappa shape index (κ1) is 19.1. The number of aromatic nitrogens is 1. The van der Waals surface area contributed by atoms with Gasteiger partial charge in [0.05, 0.1) is 11.7 Å². The number of thiazole rings is 1. The molecule has 1 aromatic heterocycles. The summed E-state index contributed by atoms with van der Waals surface area (Å²) in [5.41, 5.74) is 7.40. The Bertz CT molecular complexity index is 963. The molecule has 1 heterocycles. The van der Waals surface area contributed by atoms with Crippen molar-refractivity contribution in [3.63, 3.8) is 0 Å². The average molecular weight is 380 g/mol. The standard InChI is InChI=1S/C22H25N3OS/c1-13-11-14(2)21(24-17(5)26)15(3)20(13)19-12-27-22(25-19)23-16(4)18-9-7-6-8-10-18/h6-12,16H,1-5H3,(H,23,25)(H,24,26)/t16-/m1/s1. The molecular formula is C22H25N3OS. The predicted octanol–water partition coefficient (Wildman–Crippen LogP) is 5.87. The van der Waals surface area contributed by atoms with E-state index in [9.17, 15) is 4.79 Å². The van der Waals surface area contributed by atoms with Crippen LogP contribution in [0.4, 0.5) is 10.8 Å². The summed E-state index contributed by atoms with van der Waals surface area (Å²) in [5, 5.41) is 9.41. The van der Waals surface area contributed by atoms with Gasteiger partial charge in [0.2, 0.25) is 5.91 Å². The molecule has 0 spiro atoms. The number of rotatable bonds is 5. The molecule has 2 N–H and O–H groups in total. The molecule has 3 rings (SSSR count). The molecule has 1 amide bonds. The number of anilines is 2. The second-order valence-electron chi connectivity index (χ2n) is 6.88. The minimum absolute atomic E-state index is 0.0617. The highest BCUT2D eigenvalue weighted by Gasteiger charge is 2.16. The molecule has 4 nitrogen and oxygen atoms in total. The lowest BCUT2D eigenvalue weighted by atomic mass is 9.95. The lowest BCUT2D eigenvalue weighted by Crippen LogP contribution is -2.10. The SMILES string of the molecule is CC(=O)Nc1c(C)cc(C)c(-c2csc(N[C@H](C)c3ccccc3)n2)c1C. The van der Waals surface area contributed by atoms with Crippen molar-refractivity contribution < 1.29 is 4.79 Å². The molecular weight excluding hydrogens is 354 g/mol. The van der Waals surface area contributed by atoms with Crippen LogP contribution in [-0.4, -0.2) is 10.9 Å².